The second-order valence-electron chi connectivity index (χ2n) is 11.3. The topological polar surface area (TPSA) is 89.3 Å². The number of likely N-dealkylation sites (N-methyl/N-ethyl adjacent to an activating group) is 1. The van der Waals surface area contributed by atoms with Gasteiger partial charge in [0.15, 0.2) is 23.6 Å². The fourth-order valence-electron chi connectivity index (χ4n) is 7.68. The van der Waals surface area contributed by atoms with E-state index in [0.717, 1.165) is 43.0 Å². The van der Waals surface area contributed by atoms with Crippen LogP contribution in [0.15, 0.2) is 41.2 Å². The fraction of sp³-hybridized carbons (Fsp3) is 0.536. The van der Waals surface area contributed by atoms with E-state index < -0.39 is 11.0 Å². The number of furan rings is 1. The van der Waals surface area contributed by atoms with E-state index in [9.17, 15) is 15.3 Å². The van der Waals surface area contributed by atoms with Gasteiger partial charge in [-0.25, -0.2) is 0 Å². The maximum Gasteiger partial charge on any atom is 0.360 e. The molecule has 0 unspecified atom stereocenters. The van der Waals surface area contributed by atoms with Crippen LogP contribution in [0.25, 0.3) is 6.08 Å². The highest BCUT2D eigenvalue weighted by Crippen LogP contribution is 2.65. The molecule has 3 aliphatic carbocycles. The number of phenols is 1. The van der Waals surface area contributed by atoms with Crippen molar-refractivity contribution in [3.63, 3.8) is 0 Å². The van der Waals surface area contributed by atoms with Crippen molar-refractivity contribution in [2.75, 3.05) is 20.1 Å². The van der Waals surface area contributed by atoms with Gasteiger partial charge in [0.1, 0.15) is 7.05 Å². The minimum absolute atomic E-state index is 0.0516. The average Bonchev–Trinajstić information content (AvgIpc) is 3.36. The predicted octanol–water partition coefficient (Wildman–Crippen LogP) is 3.23. The van der Waals surface area contributed by atoms with Crippen molar-refractivity contribution >= 4 is 12.0 Å². The summed E-state index contributed by atoms with van der Waals surface area (Å²) >= 11 is 0. The van der Waals surface area contributed by atoms with Crippen LogP contribution in [0.3, 0.4) is 0 Å². The number of hydrogen-bond acceptors (Lipinski definition) is 5. The molecule has 3 heterocycles. The van der Waals surface area contributed by atoms with Crippen molar-refractivity contribution in [1.29, 1.82) is 0 Å². The van der Waals surface area contributed by atoms with Crippen molar-refractivity contribution in [2.45, 2.75) is 67.7 Å². The molecule has 7 rings (SSSR count). The summed E-state index contributed by atoms with van der Waals surface area (Å²) in [5.41, 5.74) is 1.56. The fourth-order valence-corrected chi connectivity index (χ4v) is 7.68. The smallest absolute Gasteiger partial charge is 0.360 e. The van der Waals surface area contributed by atoms with Gasteiger partial charge in [-0.1, -0.05) is 6.07 Å². The average molecular weight is 478 g/mol. The van der Waals surface area contributed by atoms with Crippen LogP contribution in [0.5, 0.6) is 11.5 Å². The largest absolute Gasteiger partial charge is 0.504 e. The molecular weight excluding hydrogens is 444 g/mol. The lowest BCUT2D eigenvalue weighted by molar-refractivity contribution is -0.563. The Morgan fingerprint density at radius 3 is 2.86 bits per heavy atom. The van der Waals surface area contributed by atoms with Crippen LogP contribution in [0, 0.1) is 5.92 Å². The Morgan fingerprint density at radius 2 is 2.09 bits per heavy atom. The highest BCUT2D eigenvalue weighted by atomic mass is 16.5. The number of hydrogen-bond donors (Lipinski definition) is 3. The molecule has 3 fully saturated rings. The zero-order valence-electron chi connectivity index (χ0n) is 20.1. The molecule has 184 valence electrons. The van der Waals surface area contributed by atoms with Crippen molar-refractivity contribution in [3.8, 4) is 11.5 Å². The number of nitrogens with zero attached hydrogens (tertiary/aromatic N) is 2. The molecule has 1 aromatic heterocycles. The highest BCUT2D eigenvalue weighted by molar-refractivity contribution is 5.86. The van der Waals surface area contributed by atoms with Gasteiger partial charge in [0.05, 0.1) is 29.6 Å². The summed E-state index contributed by atoms with van der Waals surface area (Å²) < 4.78 is 13.6. The van der Waals surface area contributed by atoms with Crippen LogP contribution in [0.2, 0.25) is 0 Å². The van der Waals surface area contributed by atoms with Crippen LogP contribution in [-0.2, 0) is 11.8 Å². The number of rotatable bonds is 5. The summed E-state index contributed by atoms with van der Waals surface area (Å²) in [7, 11) is 1.89. The lowest BCUT2D eigenvalue weighted by Crippen LogP contribution is -2.77. The summed E-state index contributed by atoms with van der Waals surface area (Å²) in [6.45, 7) is 1.98. The molecule has 1 saturated heterocycles. The van der Waals surface area contributed by atoms with Crippen LogP contribution < -0.4 is 4.74 Å². The number of aromatic hydroxyl groups is 1. The third-order valence-corrected chi connectivity index (χ3v) is 9.56. The first-order chi connectivity index (χ1) is 16.9. The van der Waals surface area contributed by atoms with E-state index in [1.165, 1.54) is 18.4 Å². The maximum atomic E-state index is 12.6. The molecule has 3 N–H and O–H groups in total. The second kappa shape index (κ2) is 7.37. The molecule has 5 atom stereocenters. The third kappa shape index (κ3) is 2.88. The summed E-state index contributed by atoms with van der Waals surface area (Å²) in [4.78, 5) is 2.54. The number of aliphatic hydroxyl groups is 2. The van der Waals surface area contributed by atoms with Crippen LogP contribution >= 0.6 is 0 Å². The Labute approximate surface area is 204 Å². The van der Waals surface area contributed by atoms with Gasteiger partial charge in [-0.15, -0.1) is 0 Å². The molecule has 2 aliphatic heterocycles. The zero-order chi connectivity index (χ0) is 23.9. The third-order valence-electron chi connectivity index (χ3n) is 9.56. The van der Waals surface area contributed by atoms with Gasteiger partial charge in [0.25, 0.3) is 0 Å². The monoisotopic (exact) mass is 477 g/mol. The van der Waals surface area contributed by atoms with E-state index in [0.29, 0.717) is 18.6 Å². The molecule has 2 saturated carbocycles. The molecule has 1 aromatic carbocycles. The van der Waals surface area contributed by atoms with Gasteiger partial charge in [-0.2, -0.15) is 4.58 Å². The van der Waals surface area contributed by atoms with E-state index in [1.54, 1.807) is 24.7 Å². The number of benzene rings is 1. The highest BCUT2D eigenvalue weighted by Gasteiger charge is 2.74. The minimum Gasteiger partial charge on any atom is -0.504 e. The summed E-state index contributed by atoms with van der Waals surface area (Å²) in [5, 5.41) is 34.3. The second-order valence-corrected chi connectivity index (χ2v) is 11.3. The first-order valence-electron chi connectivity index (χ1n) is 12.9. The molecule has 2 bridgehead atoms. The van der Waals surface area contributed by atoms with Crippen molar-refractivity contribution in [1.82, 2.24) is 4.90 Å². The number of likely N-dealkylation sites (tertiary alicyclic amines) is 1. The first kappa shape index (κ1) is 21.5. The first-order valence-corrected chi connectivity index (χ1v) is 12.9. The van der Waals surface area contributed by atoms with Crippen LogP contribution in [0.4, 0.5) is 0 Å². The summed E-state index contributed by atoms with van der Waals surface area (Å²) in [6, 6.07) is 5.51. The lowest BCUT2D eigenvalue weighted by atomic mass is 9.48. The Bertz CT molecular complexity index is 1230. The number of ether oxygens (including phenoxy) is 1. The van der Waals surface area contributed by atoms with Crippen LogP contribution in [0.1, 0.15) is 48.8 Å². The van der Waals surface area contributed by atoms with E-state index in [-0.39, 0.29) is 29.8 Å². The van der Waals surface area contributed by atoms with Crippen molar-refractivity contribution < 1.29 is 29.0 Å². The molecule has 0 radical (unpaired) electrons. The molecule has 0 amide bonds. The zero-order valence-corrected chi connectivity index (χ0v) is 20.1. The number of aliphatic hydroxyl groups excluding tert-OH is 1. The predicted molar refractivity (Wildman–Crippen MR) is 130 cm³/mol. The number of phenolic OH excluding ortho intramolecular Hbond substituents is 1. The number of piperidine rings is 1. The molecule has 7 nitrogen and oxygen atoms in total. The molecule has 1 spiro atoms. The maximum absolute atomic E-state index is 12.6. The molecular formula is C28H33N2O5+. The molecule has 5 aliphatic rings. The van der Waals surface area contributed by atoms with Crippen molar-refractivity contribution in [3.05, 3.63) is 53.5 Å². The van der Waals surface area contributed by atoms with E-state index in [1.807, 2.05) is 29.8 Å². The van der Waals surface area contributed by atoms with Gasteiger partial charge < -0.3 is 24.5 Å². The Balaban J connectivity index is 1.32. The van der Waals surface area contributed by atoms with Gasteiger partial charge in [0, 0.05) is 30.1 Å². The quantitative estimate of drug-likeness (QED) is 0.348. The van der Waals surface area contributed by atoms with Gasteiger partial charge in [-0.3, -0.25) is 4.90 Å². The van der Waals surface area contributed by atoms with Gasteiger partial charge in [-0.05, 0) is 68.3 Å². The standard InChI is InChI=1S/C28H32N2O5/c1-29(23(32)7-4-18-9-13-34-16-18)20-8-10-28(33)22-14-19-5-6-21(31)25-24(19)27(28,26(20)35-25)11-12-30(22)15-17-2-3-17/h4-7,9,13,16-17,20,22,26,31,33H,2-3,8,10-12,14-15H2,1H3/p+1/b7-4+/t20-,22-,26+,27+,28-/m1/s1. The Kier molecular flexibility index (Phi) is 4.53. The van der Waals surface area contributed by atoms with Gasteiger partial charge in [0.2, 0.25) is 0 Å². The summed E-state index contributed by atoms with van der Waals surface area (Å²) in [5.74, 6) is 1.58. The van der Waals surface area contributed by atoms with E-state index >= 15 is 0 Å². The normalized spacial score (nSPS) is 36.1. The Hall–Kier alpha value is -2.77. The van der Waals surface area contributed by atoms with Gasteiger partial charge >= 0.3 is 5.90 Å². The molecule has 2 aromatic rings. The van der Waals surface area contributed by atoms with E-state index in [4.69, 9.17) is 9.15 Å². The SMILES string of the molecule is C[N+](=C(O)/C=C/c1ccoc1)[C@@H]1CC[C@@]2(O)[C@H]3Cc4ccc(O)c5c4[C@@]2(CCN3CC2CC2)[C@H]1O5. The summed E-state index contributed by atoms with van der Waals surface area (Å²) in [6.07, 6.45) is 11.9. The lowest BCUT2D eigenvalue weighted by Gasteiger charge is -2.63. The Morgan fingerprint density at radius 1 is 1.23 bits per heavy atom. The molecule has 35 heavy (non-hydrogen) atoms. The van der Waals surface area contributed by atoms with Crippen LogP contribution in [-0.4, -0.2) is 74.6 Å². The molecule has 7 heteroatoms. The minimum atomic E-state index is -0.920. The van der Waals surface area contributed by atoms with Crippen molar-refractivity contribution in [2.24, 2.45) is 5.92 Å². The van der Waals surface area contributed by atoms with E-state index in [2.05, 4.69) is 4.90 Å².